The maximum absolute atomic E-state index is 4.31. The average molecular weight is 238 g/mol. The van der Waals surface area contributed by atoms with Gasteiger partial charge in [-0.15, -0.1) is 0 Å². The van der Waals surface area contributed by atoms with E-state index in [1.807, 2.05) is 36.0 Å². The van der Waals surface area contributed by atoms with Crippen LogP contribution in [0, 0.1) is 6.92 Å². The predicted molar refractivity (Wildman–Crippen MR) is 73.0 cm³/mol. The zero-order valence-electron chi connectivity index (χ0n) is 10.4. The molecule has 3 aromatic rings. The molecule has 0 radical (unpaired) electrons. The second-order valence-corrected chi connectivity index (χ2v) is 4.38. The first-order chi connectivity index (χ1) is 8.74. The number of hydrogen-bond donors (Lipinski definition) is 1. The summed E-state index contributed by atoms with van der Waals surface area (Å²) in [5.74, 6) is 0.839. The van der Waals surface area contributed by atoms with Crippen molar-refractivity contribution in [3.05, 3.63) is 48.4 Å². The van der Waals surface area contributed by atoms with Crippen molar-refractivity contribution in [3.63, 3.8) is 0 Å². The highest BCUT2D eigenvalue weighted by atomic mass is 15.1. The van der Waals surface area contributed by atoms with E-state index in [1.165, 1.54) is 5.56 Å². The van der Waals surface area contributed by atoms with Gasteiger partial charge < -0.3 is 9.88 Å². The van der Waals surface area contributed by atoms with E-state index in [2.05, 4.69) is 34.3 Å². The number of hydrogen-bond acceptors (Lipinski definition) is 3. The fourth-order valence-electron chi connectivity index (χ4n) is 2.04. The van der Waals surface area contributed by atoms with Crippen LogP contribution in [0.2, 0.25) is 0 Å². The predicted octanol–water partition coefficient (Wildman–Crippen LogP) is 3.02. The number of nitrogens with zero attached hydrogens (tertiary/aromatic N) is 3. The van der Waals surface area contributed by atoms with Crippen LogP contribution >= 0.6 is 0 Å². The van der Waals surface area contributed by atoms with Crippen molar-refractivity contribution in [3.8, 4) is 0 Å². The average Bonchev–Trinajstić information content (AvgIpc) is 2.73. The molecule has 0 atom stereocenters. The number of aromatic nitrogens is 3. The molecule has 0 aliphatic heterocycles. The van der Waals surface area contributed by atoms with E-state index in [0.29, 0.717) is 0 Å². The number of benzene rings is 1. The first-order valence-corrected chi connectivity index (χ1v) is 5.84. The van der Waals surface area contributed by atoms with Gasteiger partial charge in [-0.25, -0.2) is 9.97 Å². The fraction of sp³-hybridized carbons (Fsp3) is 0.143. The molecule has 4 heteroatoms. The van der Waals surface area contributed by atoms with Gasteiger partial charge in [-0.1, -0.05) is 12.1 Å². The summed E-state index contributed by atoms with van der Waals surface area (Å²) < 4.78 is 1.98. The van der Waals surface area contributed by atoms with Crippen LogP contribution in [0.15, 0.2) is 42.9 Å². The molecule has 0 amide bonds. The maximum Gasteiger partial charge on any atom is 0.145 e. The highest BCUT2D eigenvalue weighted by Crippen LogP contribution is 2.23. The third kappa shape index (κ3) is 1.82. The van der Waals surface area contributed by atoms with Crippen LogP contribution in [0.4, 0.5) is 11.5 Å². The van der Waals surface area contributed by atoms with E-state index in [1.54, 1.807) is 6.33 Å². The Labute approximate surface area is 105 Å². The normalized spacial score (nSPS) is 10.8. The van der Waals surface area contributed by atoms with Gasteiger partial charge in [0.25, 0.3) is 0 Å². The largest absolute Gasteiger partial charge is 0.340 e. The van der Waals surface area contributed by atoms with E-state index in [0.717, 1.165) is 22.5 Å². The number of rotatable bonds is 2. The van der Waals surface area contributed by atoms with Crippen LogP contribution in [0.5, 0.6) is 0 Å². The van der Waals surface area contributed by atoms with Crippen LogP contribution < -0.4 is 5.32 Å². The quantitative estimate of drug-likeness (QED) is 0.746. The second kappa shape index (κ2) is 4.14. The van der Waals surface area contributed by atoms with Crippen molar-refractivity contribution in [1.82, 2.24) is 14.5 Å². The van der Waals surface area contributed by atoms with Gasteiger partial charge in [-0.2, -0.15) is 0 Å². The molecule has 90 valence electrons. The molecule has 0 unspecified atom stereocenters. The standard InChI is InChI=1S/C14H14N4/c1-10-4-3-5-11(8-10)17-13-12-6-7-18(2)14(12)16-9-15-13/h3-9H,1-2H3,(H,15,16,17). The number of anilines is 2. The first-order valence-electron chi connectivity index (χ1n) is 5.84. The molecule has 2 aromatic heterocycles. The van der Waals surface area contributed by atoms with E-state index >= 15 is 0 Å². The van der Waals surface area contributed by atoms with Crippen molar-refractivity contribution in [2.75, 3.05) is 5.32 Å². The van der Waals surface area contributed by atoms with Gasteiger partial charge >= 0.3 is 0 Å². The first kappa shape index (κ1) is 10.8. The van der Waals surface area contributed by atoms with Crippen LogP contribution in [0.1, 0.15) is 5.56 Å². The summed E-state index contributed by atoms with van der Waals surface area (Å²) in [5.41, 5.74) is 3.19. The van der Waals surface area contributed by atoms with Crippen molar-refractivity contribution in [2.45, 2.75) is 6.92 Å². The Hall–Kier alpha value is -2.36. The smallest absolute Gasteiger partial charge is 0.145 e. The minimum absolute atomic E-state index is 0.839. The Kier molecular flexibility index (Phi) is 2.48. The molecule has 4 nitrogen and oxygen atoms in total. The Morgan fingerprint density at radius 1 is 1.17 bits per heavy atom. The Balaban J connectivity index is 2.05. The van der Waals surface area contributed by atoms with Gasteiger partial charge in [0.2, 0.25) is 0 Å². The Morgan fingerprint density at radius 2 is 2.06 bits per heavy atom. The van der Waals surface area contributed by atoms with Crippen molar-refractivity contribution in [1.29, 1.82) is 0 Å². The molecule has 0 bridgehead atoms. The molecule has 1 aromatic carbocycles. The summed E-state index contributed by atoms with van der Waals surface area (Å²) in [7, 11) is 1.98. The fourth-order valence-corrected chi connectivity index (χ4v) is 2.04. The van der Waals surface area contributed by atoms with Crippen molar-refractivity contribution in [2.24, 2.45) is 7.05 Å². The lowest BCUT2D eigenvalue weighted by molar-refractivity contribution is 0.944. The third-order valence-corrected chi connectivity index (χ3v) is 2.94. The zero-order chi connectivity index (χ0) is 12.5. The molecule has 0 aliphatic rings. The summed E-state index contributed by atoms with van der Waals surface area (Å²) in [4.78, 5) is 8.58. The minimum Gasteiger partial charge on any atom is -0.340 e. The maximum atomic E-state index is 4.31. The summed E-state index contributed by atoms with van der Waals surface area (Å²) >= 11 is 0. The zero-order valence-corrected chi connectivity index (χ0v) is 10.4. The SMILES string of the molecule is Cc1cccc(Nc2ncnc3c2ccn3C)c1. The molecule has 0 saturated heterocycles. The molecule has 0 aliphatic carbocycles. The van der Waals surface area contributed by atoms with E-state index in [9.17, 15) is 0 Å². The Morgan fingerprint density at radius 3 is 2.89 bits per heavy atom. The molecule has 2 heterocycles. The minimum atomic E-state index is 0.839. The van der Waals surface area contributed by atoms with Gasteiger partial charge in [0.05, 0.1) is 5.39 Å². The molecule has 0 spiro atoms. The molecular formula is C14H14N4. The topological polar surface area (TPSA) is 42.7 Å². The van der Waals surface area contributed by atoms with E-state index < -0.39 is 0 Å². The highest BCUT2D eigenvalue weighted by molar-refractivity contribution is 5.89. The highest BCUT2D eigenvalue weighted by Gasteiger charge is 2.06. The van der Waals surface area contributed by atoms with Gasteiger partial charge in [-0.05, 0) is 30.7 Å². The van der Waals surface area contributed by atoms with Crippen molar-refractivity contribution >= 4 is 22.5 Å². The summed E-state index contributed by atoms with van der Waals surface area (Å²) in [6, 6.07) is 10.2. The number of fused-ring (bicyclic) bond motifs is 1. The second-order valence-electron chi connectivity index (χ2n) is 4.38. The molecular weight excluding hydrogens is 224 g/mol. The van der Waals surface area contributed by atoms with Crippen LogP contribution in [-0.2, 0) is 7.05 Å². The van der Waals surface area contributed by atoms with E-state index in [-0.39, 0.29) is 0 Å². The molecule has 0 saturated carbocycles. The Bertz CT molecular complexity index is 700. The van der Waals surface area contributed by atoms with Gasteiger partial charge in [0.1, 0.15) is 17.8 Å². The summed E-state index contributed by atoms with van der Waals surface area (Å²) in [6.45, 7) is 2.07. The molecule has 3 rings (SSSR count). The lowest BCUT2D eigenvalue weighted by atomic mass is 10.2. The van der Waals surface area contributed by atoms with Crippen LogP contribution in [-0.4, -0.2) is 14.5 Å². The lowest BCUT2D eigenvalue weighted by Gasteiger charge is -2.07. The molecule has 18 heavy (non-hydrogen) atoms. The number of nitrogens with one attached hydrogen (secondary N) is 1. The van der Waals surface area contributed by atoms with E-state index in [4.69, 9.17) is 0 Å². The van der Waals surface area contributed by atoms with Gasteiger partial charge in [0, 0.05) is 18.9 Å². The summed E-state index contributed by atoms with van der Waals surface area (Å²) in [6.07, 6.45) is 3.57. The lowest BCUT2D eigenvalue weighted by Crippen LogP contribution is -1.96. The van der Waals surface area contributed by atoms with Crippen LogP contribution in [0.3, 0.4) is 0 Å². The van der Waals surface area contributed by atoms with Crippen molar-refractivity contribution < 1.29 is 0 Å². The monoisotopic (exact) mass is 238 g/mol. The molecule has 0 fully saturated rings. The number of aryl methyl sites for hydroxylation is 2. The summed E-state index contributed by atoms with van der Waals surface area (Å²) in [5, 5.41) is 4.37. The van der Waals surface area contributed by atoms with Crippen LogP contribution in [0.25, 0.3) is 11.0 Å². The molecule has 1 N–H and O–H groups in total. The van der Waals surface area contributed by atoms with Gasteiger partial charge in [0.15, 0.2) is 0 Å². The third-order valence-electron chi connectivity index (χ3n) is 2.94. The van der Waals surface area contributed by atoms with Gasteiger partial charge in [-0.3, -0.25) is 0 Å².